The third-order valence-corrected chi connectivity index (χ3v) is 3.07. The Hall–Kier alpha value is -2.45. The van der Waals surface area contributed by atoms with E-state index in [9.17, 15) is 14.4 Å². The molecule has 0 unspecified atom stereocenters. The molecule has 0 aromatic rings. The third-order valence-electron chi connectivity index (χ3n) is 3.07. The zero-order valence-corrected chi connectivity index (χ0v) is 18.8. The highest BCUT2D eigenvalue weighted by atomic mass is 16.6. The molecule has 0 bridgehead atoms. The summed E-state index contributed by atoms with van der Waals surface area (Å²) in [5.41, 5.74) is 1.19. The lowest BCUT2D eigenvalue weighted by atomic mass is 10.3. The molecule has 0 saturated carbocycles. The van der Waals surface area contributed by atoms with Crippen molar-refractivity contribution in [1.82, 2.24) is 0 Å². The van der Waals surface area contributed by atoms with E-state index in [1.807, 2.05) is 0 Å². The molecular formula is C22H36O8. The van der Waals surface area contributed by atoms with Crippen LogP contribution in [0.1, 0.15) is 40.5 Å². The molecule has 0 atom stereocenters. The monoisotopic (exact) mass is 428 g/mol. The van der Waals surface area contributed by atoms with Crippen LogP contribution in [0.3, 0.4) is 0 Å². The van der Waals surface area contributed by atoms with Crippen LogP contribution in [0.5, 0.6) is 0 Å². The highest BCUT2D eigenvalue weighted by molar-refractivity contribution is 5.87. The Labute approximate surface area is 179 Å². The normalized spacial score (nSPS) is 9.60. The Morgan fingerprint density at radius 3 is 1.17 bits per heavy atom. The number of unbranched alkanes of at least 4 members (excludes halogenated alkanes) is 1. The second-order valence-corrected chi connectivity index (χ2v) is 6.33. The number of ether oxygens (including phenoxy) is 5. The maximum Gasteiger partial charge on any atom is 0.333 e. The zero-order chi connectivity index (χ0) is 23.4. The molecule has 0 saturated heterocycles. The standard InChI is InChI=1S/C14H22O6.C8H14O2/c1-11(2)13(15)19-9-7-17-5-6-18-8-10-20-14(16)12(3)4;1-4-5-6-10-8(9)7(2)3/h1,3,5-10H2,2,4H3;2,4-6H2,1,3H3. The highest BCUT2D eigenvalue weighted by Crippen LogP contribution is 1.95. The van der Waals surface area contributed by atoms with Crippen molar-refractivity contribution in [2.75, 3.05) is 46.2 Å². The predicted octanol–water partition coefficient (Wildman–Crippen LogP) is 3.16. The molecule has 0 N–H and O–H groups in total. The van der Waals surface area contributed by atoms with Crippen LogP contribution in [-0.4, -0.2) is 64.2 Å². The summed E-state index contributed by atoms with van der Waals surface area (Å²) in [7, 11) is 0. The lowest BCUT2D eigenvalue weighted by Crippen LogP contribution is -2.15. The van der Waals surface area contributed by atoms with E-state index in [0.29, 0.717) is 49.8 Å². The number of carbonyl (C=O) groups is 3. The average molecular weight is 429 g/mol. The van der Waals surface area contributed by atoms with Crippen LogP contribution in [-0.2, 0) is 38.1 Å². The van der Waals surface area contributed by atoms with Crippen LogP contribution in [0.4, 0.5) is 0 Å². The van der Waals surface area contributed by atoms with Gasteiger partial charge < -0.3 is 23.7 Å². The number of rotatable bonds is 15. The van der Waals surface area contributed by atoms with E-state index in [0.717, 1.165) is 12.8 Å². The van der Waals surface area contributed by atoms with Crippen molar-refractivity contribution < 1.29 is 38.1 Å². The molecule has 172 valence electrons. The van der Waals surface area contributed by atoms with Gasteiger partial charge in [0.15, 0.2) is 0 Å². The predicted molar refractivity (Wildman–Crippen MR) is 114 cm³/mol. The molecule has 0 heterocycles. The lowest BCUT2D eigenvalue weighted by Gasteiger charge is -2.07. The van der Waals surface area contributed by atoms with Crippen LogP contribution < -0.4 is 0 Å². The van der Waals surface area contributed by atoms with Crippen molar-refractivity contribution in [3.63, 3.8) is 0 Å². The molecule has 30 heavy (non-hydrogen) atoms. The molecule has 0 aliphatic rings. The molecule has 8 nitrogen and oxygen atoms in total. The van der Waals surface area contributed by atoms with E-state index in [1.54, 1.807) is 20.8 Å². The minimum absolute atomic E-state index is 0.182. The fraction of sp³-hybridized carbons (Fsp3) is 0.591. The molecule has 8 heteroatoms. The number of hydrogen-bond donors (Lipinski definition) is 0. The fourth-order valence-electron chi connectivity index (χ4n) is 1.39. The first-order chi connectivity index (χ1) is 14.1. The molecule has 0 amide bonds. The van der Waals surface area contributed by atoms with Crippen molar-refractivity contribution in [3.05, 3.63) is 36.5 Å². The van der Waals surface area contributed by atoms with Gasteiger partial charge in [0, 0.05) is 16.7 Å². The van der Waals surface area contributed by atoms with Gasteiger partial charge in [0.25, 0.3) is 0 Å². The van der Waals surface area contributed by atoms with Crippen molar-refractivity contribution in [2.45, 2.75) is 40.5 Å². The summed E-state index contributed by atoms with van der Waals surface area (Å²) in [6.07, 6.45) is 1.97. The van der Waals surface area contributed by atoms with Gasteiger partial charge in [0.2, 0.25) is 0 Å². The summed E-state index contributed by atoms with van der Waals surface area (Å²) in [6, 6.07) is 0. The van der Waals surface area contributed by atoms with Crippen LogP contribution >= 0.6 is 0 Å². The molecule has 0 radical (unpaired) electrons. The molecular weight excluding hydrogens is 392 g/mol. The SMILES string of the molecule is C=C(C)C(=O)OCCCC.C=C(C)C(=O)OCCOCCOCCOC(=O)C(=C)C. The first-order valence-electron chi connectivity index (χ1n) is 9.76. The Morgan fingerprint density at radius 1 is 0.567 bits per heavy atom. The van der Waals surface area contributed by atoms with Crippen LogP contribution in [0.2, 0.25) is 0 Å². The molecule has 0 aliphatic heterocycles. The topological polar surface area (TPSA) is 97.4 Å². The summed E-state index contributed by atoms with van der Waals surface area (Å²) in [4.78, 5) is 32.7. The van der Waals surface area contributed by atoms with E-state index in [4.69, 9.17) is 23.7 Å². The van der Waals surface area contributed by atoms with Crippen molar-refractivity contribution in [1.29, 1.82) is 0 Å². The minimum atomic E-state index is -0.427. The van der Waals surface area contributed by atoms with E-state index in [-0.39, 0.29) is 19.2 Å². The minimum Gasteiger partial charge on any atom is -0.462 e. The van der Waals surface area contributed by atoms with Crippen LogP contribution in [0.15, 0.2) is 36.5 Å². The molecule has 0 aliphatic carbocycles. The molecule has 0 fully saturated rings. The highest BCUT2D eigenvalue weighted by Gasteiger charge is 2.03. The van der Waals surface area contributed by atoms with Gasteiger partial charge in [-0.05, 0) is 27.2 Å². The van der Waals surface area contributed by atoms with Crippen LogP contribution in [0, 0.1) is 0 Å². The van der Waals surface area contributed by atoms with Gasteiger partial charge in [0.05, 0.1) is 33.0 Å². The Morgan fingerprint density at radius 2 is 0.867 bits per heavy atom. The molecule has 0 aromatic carbocycles. The number of hydrogen-bond acceptors (Lipinski definition) is 8. The fourth-order valence-corrected chi connectivity index (χ4v) is 1.39. The smallest absolute Gasteiger partial charge is 0.333 e. The van der Waals surface area contributed by atoms with Crippen molar-refractivity contribution >= 4 is 17.9 Å². The Kier molecular flexibility index (Phi) is 19.7. The lowest BCUT2D eigenvalue weighted by molar-refractivity contribution is -0.142. The van der Waals surface area contributed by atoms with Crippen molar-refractivity contribution in [2.24, 2.45) is 0 Å². The Balaban J connectivity index is 0. The van der Waals surface area contributed by atoms with Gasteiger partial charge in [-0.1, -0.05) is 33.1 Å². The largest absolute Gasteiger partial charge is 0.462 e. The molecule has 0 rings (SSSR count). The van der Waals surface area contributed by atoms with Gasteiger partial charge in [-0.15, -0.1) is 0 Å². The third kappa shape index (κ3) is 20.3. The quantitative estimate of drug-likeness (QED) is 0.170. The maximum atomic E-state index is 11.0. The summed E-state index contributed by atoms with van der Waals surface area (Å²) >= 11 is 0. The maximum absolute atomic E-state index is 11.0. The summed E-state index contributed by atoms with van der Waals surface area (Å²) in [6.45, 7) is 19.5. The zero-order valence-electron chi connectivity index (χ0n) is 18.8. The van der Waals surface area contributed by atoms with Gasteiger partial charge in [0.1, 0.15) is 13.2 Å². The molecule has 0 aromatic heterocycles. The first kappa shape index (κ1) is 29.7. The van der Waals surface area contributed by atoms with E-state index in [1.165, 1.54) is 0 Å². The van der Waals surface area contributed by atoms with Crippen molar-refractivity contribution in [3.8, 4) is 0 Å². The van der Waals surface area contributed by atoms with E-state index < -0.39 is 11.9 Å². The van der Waals surface area contributed by atoms with Gasteiger partial charge in [-0.2, -0.15) is 0 Å². The van der Waals surface area contributed by atoms with Gasteiger partial charge in [-0.3, -0.25) is 0 Å². The van der Waals surface area contributed by atoms with Crippen LogP contribution in [0.25, 0.3) is 0 Å². The van der Waals surface area contributed by atoms with E-state index in [2.05, 4.69) is 26.7 Å². The second kappa shape index (κ2) is 19.8. The summed E-state index contributed by atoms with van der Waals surface area (Å²) in [5.74, 6) is -1.14. The molecule has 0 spiro atoms. The second-order valence-electron chi connectivity index (χ2n) is 6.33. The Bertz CT molecular complexity index is 531. The first-order valence-corrected chi connectivity index (χ1v) is 9.76. The van der Waals surface area contributed by atoms with Gasteiger partial charge >= 0.3 is 17.9 Å². The summed E-state index contributed by atoms with van der Waals surface area (Å²) < 4.78 is 24.8. The van der Waals surface area contributed by atoms with E-state index >= 15 is 0 Å². The number of esters is 3. The summed E-state index contributed by atoms with van der Waals surface area (Å²) in [5, 5.41) is 0. The average Bonchev–Trinajstić information content (AvgIpc) is 2.69. The number of carbonyl (C=O) groups excluding carboxylic acids is 3. The van der Waals surface area contributed by atoms with Gasteiger partial charge in [-0.25, -0.2) is 14.4 Å².